The van der Waals surface area contributed by atoms with Crippen molar-refractivity contribution in [2.75, 3.05) is 43.6 Å². The van der Waals surface area contributed by atoms with E-state index in [9.17, 15) is 0 Å². The predicted octanol–water partition coefficient (Wildman–Crippen LogP) is 1.98. The summed E-state index contributed by atoms with van der Waals surface area (Å²) in [7, 11) is 1.64. The average Bonchev–Trinajstić information content (AvgIpc) is 2.65. The van der Waals surface area contributed by atoms with Crippen LogP contribution in [-0.2, 0) is 0 Å². The Morgan fingerprint density at radius 1 is 1.36 bits per heavy atom. The van der Waals surface area contributed by atoms with Crippen molar-refractivity contribution in [2.24, 2.45) is 5.92 Å². The number of hydrogen-bond acceptors (Lipinski definition) is 8. The molecule has 3 heterocycles. The van der Waals surface area contributed by atoms with E-state index in [1.54, 1.807) is 20.4 Å². The lowest BCUT2D eigenvalue weighted by Gasteiger charge is -2.33. The number of anilines is 2. The molecule has 0 radical (unpaired) electrons. The van der Waals surface area contributed by atoms with Crippen LogP contribution in [0.15, 0.2) is 12.3 Å². The number of ether oxygens (including phenoxy) is 1. The SMILES string of the molecule is CNc1nncc2cc(N3CCC(CCP(O)O)CC3)nc(OC)c12. The minimum Gasteiger partial charge on any atom is -0.480 e. The molecule has 8 nitrogen and oxygen atoms in total. The number of pyridine rings is 1. The van der Waals surface area contributed by atoms with Crippen LogP contribution < -0.4 is 15.0 Å². The van der Waals surface area contributed by atoms with Gasteiger partial charge in [0.25, 0.3) is 0 Å². The van der Waals surface area contributed by atoms with E-state index in [0.717, 1.165) is 48.9 Å². The fourth-order valence-electron chi connectivity index (χ4n) is 3.30. The normalized spacial score (nSPS) is 15.8. The molecule has 0 aromatic carbocycles. The van der Waals surface area contributed by atoms with Crippen LogP contribution in [-0.4, -0.2) is 58.4 Å². The zero-order valence-corrected chi connectivity index (χ0v) is 15.4. The summed E-state index contributed by atoms with van der Waals surface area (Å²) in [6, 6.07) is 2.02. The smallest absolute Gasteiger partial charge is 0.226 e. The van der Waals surface area contributed by atoms with E-state index >= 15 is 0 Å². The van der Waals surface area contributed by atoms with Crippen LogP contribution in [0.2, 0.25) is 0 Å². The lowest BCUT2D eigenvalue weighted by atomic mass is 9.94. The number of fused-ring (bicyclic) bond motifs is 1. The van der Waals surface area contributed by atoms with Gasteiger partial charge in [0.05, 0.1) is 18.7 Å². The van der Waals surface area contributed by atoms with Crippen molar-refractivity contribution in [2.45, 2.75) is 19.3 Å². The molecule has 9 heteroatoms. The summed E-state index contributed by atoms with van der Waals surface area (Å²) in [5, 5.41) is 12.9. The molecular formula is C16H24N5O3P. The molecule has 1 aliphatic heterocycles. The van der Waals surface area contributed by atoms with Crippen LogP contribution in [0.1, 0.15) is 19.3 Å². The maximum Gasteiger partial charge on any atom is 0.226 e. The standard InChI is InChI=1S/C16H24N5O3P/c1-17-15-14-12(10-18-20-15)9-13(19-16(14)24-2)21-6-3-11(4-7-21)5-8-25(22)23/h9-11,22-23H,3-8H2,1-2H3,(H,17,20). The molecule has 1 saturated heterocycles. The van der Waals surface area contributed by atoms with Gasteiger partial charge >= 0.3 is 0 Å². The molecule has 3 rings (SSSR count). The van der Waals surface area contributed by atoms with Crippen molar-refractivity contribution in [1.82, 2.24) is 15.2 Å². The van der Waals surface area contributed by atoms with Gasteiger partial charge in [0.2, 0.25) is 5.88 Å². The Morgan fingerprint density at radius 3 is 2.76 bits per heavy atom. The van der Waals surface area contributed by atoms with Gasteiger partial charge in [0.15, 0.2) is 14.2 Å². The Labute approximate surface area is 148 Å². The van der Waals surface area contributed by atoms with E-state index in [1.807, 2.05) is 6.07 Å². The molecule has 0 unspecified atom stereocenters. The van der Waals surface area contributed by atoms with Crippen LogP contribution in [0.5, 0.6) is 5.88 Å². The van der Waals surface area contributed by atoms with Gasteiger partial charge < -0.3 is 24.7 Å². The molecule has 3 N–H and O–H groups in total. The highest BCUT2D eigenvalue weighted by Gasteiger charge is 2.22. The molecular weight excluding hydrogens is 341 g/mol. The quantitative estimate of drug-likeness (QED) is 0.668. The van der Waals surface area contributed by atoms with Crippen LogP contribution in [0.4, 0.5) is 11.6 Å². The molecule has 0 saturated carbocycles. The first-order chi connectivity index (χ1) is 12.1. The number of aromatic nitrogens is 3. The maximum atomic E-state index is 9.08. The van der Waals surface area contributed by atoms with Gasteiger partial charge in [-0.25, -0.2) is 0 Å². The van der Waals surface area contributed by atoms with E-state index in [2.05, 4.69) is 25.4 Å². The average molecular weight is 365 g/mol. The highest BCUT2D eigenvalue weighted by molar-refractivity contribution is 7.45. The third kappa shape index (κ3) is 4.08. The Morgan fingerprint density at radius 2 is 2.12 bits per heavy atom. The Bertz CT molecular complexity index is 722. The minimum atomic E-state index is -1.77. The summed E-state index contributed by atoms with van der Waals surface area (Å²) in [6.07, 6.45) is 5.17. The highest BCUT2D eigenvalue weighted by atomic mass is 31.2. The molecule has 136 valence electrons. The molecule has 0 bridgehead atoms. The highest BCUT2D eigenvalue weighted by Crippen LogP contribution is 2.34. The lowest BCUT2D eigenvalue weighted by Crippen LogP contribution is -2.34. The predicted molar refractivity (Wildman–Crippen MR) is 99.2 cm³/mol. The summed E-state index contributed by atoms with van der Waals surface area (Å²) in [6.45, 7) is 1.80. The van der Waals surface area contributed by atoms with Gasteiger partial charge in [-0.05, 0) is 31.2 Å². The summed E-state index contributed by atoms with van der Waals surface area (Å²) in [4.78, 5) is 25.1. The Hall–Kier alpha value is -1.76. The zero-order chi connectivity index (χ0) is 17.8. The number of hydrogen-bond donors (Lipinski definition) is 3. The molecule has 1 aliphatic rings. The van der Waals surface area contributed by atoms with Gasteiger partial charge in [-0.1, -0.05) is 0 Å². The van der Waals surface area contributed by atoms with Gasteiger partial charge in [0, 0.05) is 31.7 Å². The summed E-state index contributed by atoms with van der Waals surface area (Å²) in [5.41, 5.74) is 0. The molecule has 25 heavy (non-hydrogen) atoms. The van der Waals surface area contributed by atoms with Crippen LogP contribution >= 0.6 is 8.38 Å². The van der Waals surface area contributed by atoms with Gasteiger partial charge in [-0.15, -0.1) is 5.10 Å². The van der Waals surface area contributed by atoms with E-state index in [-0.39, 0.29) is 0 Å². The van der Waals surface area contributed by atoms with Crippen molar-refractivity contribution < 1.29 is 14.5 Å². The number of nitrogens with one attached hydrogen (secondary N) is 1. The summed E-state index contributed by atoms with van der Waals surface area (Å²) in [5.74, 6) is 2.62. The van der Waals surface area contributed by atoms with Crippen LogP contribution in [0.25, 0.3) is 10.8 Å². The third-order valence-corrected chi connectivity index (χ3v) is 5.36. The first-order valence-electron chi connectivity index (χ1n) is 8.40. The lowest BCUT2D eigenvalue weighted by molar-refractivity contribution is 0.382. The minimum absolute atomic E-state index is 0.507. The number of rotatable bonds is 6. The molecule has 0 aliphatic carbocycles. The van der Waals surface area contributed by atoms with Crippen molar-refractivity contribution in [3.8, 4) is 5.88 Å². The largest absolute Gasteiger partial charge is 0.480 e. The monoisotopic (exact) mass is 365 g/mol. The summed E-state index contributed by atoms with van der Waals surface area (Å²) >= 11 is 0. The number of methoxy groups -OCH3 is 1. The van der Waals surface area contributed by atoms with E-state index in [4.69, 9.17) is 14.5 Å². The molecule has 0 atom stereocenters. The number of nitrogens with zero attached hydrogens (tertiary/aromatic N) is 4. The molecule has 1 fully saturated rings. The second kappa shape index (κ2) is 8.08. The van der Waals surface area contributed by atoms with Crippen molar-refractivity contribution in [1.29, 1.82) is 0 Å². The van der Waals surface area contributed by atoms with Crippen molar-refractivity contribution in [3.05, 3.63) is 12.3 Å². The van der Waals surface area contributed by atoms with E-state index in [0.29, 0.717) is 23.8 Å². The maximum absolute atomic E-state index is 9.08. The first kappa shape index (κ1) is 18.0. The topological polar surface area (TPSA) is 104 Å². The van der Waals surface area contributed by atoms with E-state index < -0.39 is 8.38 Å². The molecule has 0 spiro atoms. The Balaban J connectivity index is 1.79. The van der Waals surface area contributed by atoms with Gasteiger partial charge in [0.1, 0.15) is 5.82 Å². The van der Waals surface area contributed by atoms with Gasteiger partial charge in [-0.2, -0.15) is 10.1 Å². The van der Waals surface area contributed by atoms with Crippen molar-refractivity contribution >= 4 is 30.8 Å². The van der Waals surface area contributed by atoms with Crippen molar-refractivity contribution in [3.63, 3.8) is 0 Å². The fraction of sp³-hybridized carbons (Fsp3) is 0.562. The van der Waals surface area contributed by atoms with Gasteiger partial charge in [-0.3, -0.25) is 0 Å². The third-order valence-electron chi connectivity index (χ3n) is 4.70. The fourth-order valence-corrected chi connectivity index (χ4v) is 3.90. The second-order valence-electron chi connectivity index (χ2n) is 6.21. The van der Waals surface area contributed by atoms with Crippen LogP contribution in [0, 0.1) is 5.92 Å². The second-order valence-corrected chi connectivity index (χ2v) is 7.40. The Kier molecular flexibility index (Phi) is 5.83. The van der Waals surface area contributed by atoms with Crippen LogP contribution in [0.3, 0.4) is 0 Å². The number of piperidine rings is 1. The summed E-state index contributed by atoms with van der Waals surface area (Å²) < 4.78 is 5.49. The zero-order valence-electron chi connectivity index (χ0n) is 14.5. The molecule has 2 aromatic heterocycles. The van der Waals surface area contributed by atoms with E-state index in [1.165, 1.54) is 0 Å². The first-order valence-corrected chi connectivity index (χ1v) is 9.84. The molecule has 2 aromatic rings. The molecule has 0 amide bonds.